The van der Waals surface area contributed by atoms with Gasteiger partial charge in [-0.2, -0.15) is 0 Å². The molecular formula is C22H20O. The van der Waals surface area contributed by atoms with Crippen molar-refractivity contribution in [3.05, 3.63) is 102 Å². The van der Waals surface area contributed by atoms with Crippen molar-refractivity contribution in [1.82, 2.24) is 0 Å². The first-order valence-corrected chi connectivity index (χ1v) is 7.82. The fourth-order valence-corrected chi connectivity index (χ4v) is 2.70. The van der Waals surface area contributed by atoms with Gasteiger partial charge in [0.15, 0.2) is 0 Å². The zero-order valence-electron chi connectivity index (χ0n) is 13.2. The van der Waals surface area contributed by atoms with Gasteiger partial charge in [-0.15, -0.1) is 0 Å². The van der Waals surface area contributed by atoms with Crippen LogP contribution in [0.15, 0.2) is 84.9 Å². The van der Waals surface area contributed by atoms with Gasteiger partial charge in [0.05, 0.1) is 6.61 Å². The Kier molecular flexibility index (Phi) is 4.70. The van der Waals surface area contributed by atoms with E-state index in [1.165, 1.54) is 16.7 Å². The summed E-state index contributed by atoms with van der Waals surface area (Å²) in [5, 5.41) is 9.37. The summed E-state index contributed by atoms with van der Waals surface area (Å²) >= 11 is 0. The molecule has 0 fully saturated rings. The fourth-order valence-electron chi connectivity index (χ4n) is 2.70. The molecule has 1 heteroatoms. The van der Waals surface area contributed by atoms with E-state index in [0.29, 0.717) is 0 Å². The largest absolute Gasteiger partial charge is 0.392 e. The summed E-state index contributed by atoms with van der Waals surface area (Å²) < 4.78 is 0. The van der Waals surface area contributed by atoms with Gasteiger partial charge in [0.1, 0.15) is 0 Å². The minimum atomic E-state index is 0.0314. The third kappa shape index (κ3) is 3.58. The Morgan fingerprint density at radius 2 is 1.26 bits per heavy atom. The molecule has 0 aliphatic carbocycles. The highest BCUT2D eigenvalue weighted by atomic mass is 16.2. The van der Waals surface area contributed by atoms with E-state index < -0.39 is 0 Å². The van der Waals surface area contributed by atoms with Crippen molar-refractivity contribution in [1.29, 1.82) is 0 Å². The molecule has 1 nitrogen and oxygen atoms in total. The molecule has 1 N–H and O–H groups in total. The maximum Gasteiger partial charge on any atom is 0.0621 e. The van der Waals surface area contributed by atoms with E-state index in [2.05, 4.69) is 67.6 Å². The molecular weight excluding hydrogens is 280 g/mol. The first-order valence-electron chi connectivity index (χ1n) is 7.82. The highest BCUT2D eigenvalue weighted by Crippen LogP contribution is 2.26. The van der Waals surface area contributed by atoms with Crippen LogP contribution in [-0.4, -0.2) is 11.7 Å². The standard InChI is InChI=1S/C22H20O/c1-17-7-9-20(10-8-17)22(15-16-23)21-13-11-19(12-14-21)18-5-3-2-4-6-18/h2-15,23H,16H2,1H3. The molecule has 3 aromatic rings. The van der Waals surface area contributed by atoms with Gasteiger partial charge in [0.2, 0.25) is 0 Å². The van der Waals surface area contributed by atoms with E-state index in [0.717, 1.165) is 16.7 Å². The van der Waals surface area contributed by atoms with Gasteiger partial charge in [-0.1, -0.05) is 90.5 Å². The number of aryl methyl sites for hydroxylation is 1. The molecule has 0 unspecified atom stereocenters. The van der Waals surface area contributed by atoms with Gasteiger partial charge in [-0.05, 0) is 34.8 Å². The summed E-state index contributed by atoms with van der Waals surface area (Å²) in [6, 6.07) is 27.2. The topological polar surface area (TPSA) is 20.2 Å². The second kappa shape index (κ2) is 7.08. The molecule has 0 aliphatic rings. The minimum Gasteiger partial charge on any atom is -0.392 e. The first kappa shape index (κ1) is 15.3. The quantitative estimate of drug-likeness (QED) is 0.712. The Balaban J connectivity index is 1.95. The molecule has 0 heterocycles. The van der Waals surface area contributed by atoms with Crippen molar-refractivity contribution >= 4 is 5.57 Å². The van der Waals surface area contributed by atoms with E-state index in [1.807, 2.05) is 24.3 Å². The van der Waals surface area contributed by atoms with Crippen LogP contribution in [0, 0.1) is 6.92 Å². The van der Waals surface area contributed by atoms with Crippen molar-refractivity contribution in [2.75, 3.05) is 6.61 Å². The summed E-state index contributed by atoms with van der Waals surface area (Å²) in [4.78, 5) is 0. The lowest BCUT2D eigenvalue weighted by Gasteiger charge is -2.10. The van der Waals surface area contributed by atoms with Crippen LogP contribution >= 0.6 is 0 Å². The molecule has 23 heavy (non-hydrogen) atoms. The predicted molar refractivity (Wildman–Crippen MR) is 97.2 cm³/mol. The molecule has 0 atom stereocenters. The molecule has 3 rings (SSSR count). The van der Waals surface area contributed by atoms with E-state index in [4.69, 9.17) is 0 Å². The molecule has 0 radical (unpaired) electrons. The average Bonchev–Trinajstić information content (AvgIpc) is 2.62. The van der Waals surface area contributed by atoms with E-state index in [-0.39, 0.29) is 6.61 Å². The van der Waals surface area contributed by atoms with Crippen molar-refractivity contribution in [3.8, 4) is 11.1 Å². The molecule has 0 saturated carbocycles. The van der Waals surface area contributed by atoms with Crippen LogP contribution in [-0.2, 0) is 0 Å². The smallest absolute Gasteiger partial charge is 0.0621 e. The summed E-state index contributed by atoms with van der Waals surface area (Å²) in [6.07, 6.45) is 1.86. The van der Waals surface area contributed by atoms with Crippen molar-refractivity contribution in [2.45, 2.75) is 6.92 Å². The molecule has 0 amide bonds. The molecule has 0 spiro atoms. The van der Waals surface area contributed by atoms with Gasteiger partial charge in [-0.3, -0.25) is 0 Å². The van der Waals surface area contributed by atoms with E-state index in [9.17, 15) is 5.11 Å². The molecule has 3 aromatic carbocycles. The van der Waals surface area contributed by atoms with Crippen LogP contribution in [0.1, 0.15) is 16.7 Å². The number of aliphatic hydroxyl groups is 1. The monoisotopic (exact) mass is 300 g/mol. The Labute approximate surface area is 137 Å². The van der Waals surface area contributed by atoms with Crippen LogP contribution in [0.5, 0.6) is 0 Å². The molecule has 0 aromatic heterocycles. The third-order valence-electron chi connectivity index (χ3n) is 3.96. The summed E-state index contributed by atoms with van der Waals surface area (Å²) in [5.41, 5.74) is 6.94. The SMILES string of the molecule is Cc1ccc(C(=CCO)c2ccc(-c3ccccc3)cc2)cc1. The van der Waals surface area contributed by atoms with Crippen molar-refractivity contribution in [2.24, 2.45) is 0 Å². The van der Waals surface area contributed by atoms with Gasteiger partial charge in [0, 0.05) is 0 Å². The molecule has 114 valence electrons. The zero-order valence-corrected chi connectivity index (χ0v) is 13.2. The number of hydrogen-bond acceptors (Lipinski definition) is 1. The minimum absolute atomic E-state index is 0.0314. The Hall–Kier alpha value is -2.64. The second-order valence-corrected chi connectivity index (χ2v) is 5.61. The van der Waals surface area contributed by atoms with Crippen molar-refractivity contribution < 1.29 is 5.11 Å². The molecule has 0 aliphatic heterocycles. The highest BCUT2D eigenvalue weighted by Gasteiger charge is 2.05. The van der Waals surface area contributed by atoms with Gasteiger partial charge in [0.25, 0.3) is 0 Å². The van der Waals surface area contributed by atoms with Crippen LogP contribution < -0.4 is 0 Å². The lowest BCUT2D eigenvalue weighted by atomic mass is 9.95. The predicted octanol–water partition coefficient (Wildman–Crippen LogP) is 5.09. The Morgan fingerprint density at radius 1 is 0.739 bits per heavy atom. The van der Waals surface area contributed by atoms with Gasteiger partial charge in [-0.25, -0.2) is 0 Å². The maximum atomic E-state index is 9.37. The van der Waals surface area contributed by atoms with Crippen LogP contribution in [0.3, 0.4) is 0 Å². The Bertz CT molecular complexity index is 782. The Morgan fingerprint density at radius 3 is 1.83 bits per heavy atom. The molecule has 0 bridgehead atoms. The van der Waals surface area contributed by atoms with Gasteiger partial charge >= 0.3 is 0 Å². The number of benzene rings is 3. The number of aliphatic hydroxyl groups excluding tert-OH is 1. The third-order valence-corrected chi connectivity index (χ3v) is 3.96. The fraction of sp³-hybridized carbons (Fsp3) is 0.0909. The highest BCUT2D eigenvalue weighted by molar-refractivity contribution is 5.81. The first-order chi connectivity index (χ1) is 11.3. The average molecular weight is 300 g/mol. The van der Waals surface area contributed by atoms with Crippen LogP contribution in [0.25, 0.3) is 16.7 Å². The number of rotatable bonds is 4. The van der Waals surface area contributed by atoms with Crippen molar-refractivity contribution in [3.63, 3.8) is 0 Å². The molecule has 0 saturated heterocycles. The summed E-state index contributed by atoms with van der Waals surface area (Å²) in [6.45, 7) is 2.11. The maximum absolute atomic E-state index is 9.37. The summed E-state index contributed by atoms with van der Waals surface area (Å²) in [5.74, 6) is 0. The lowest BCUT2D eigenvalue weighted by molar-refractivity contribution is 0.343. The zero-order chi connectivity index (χ0) is 16.1. The van der Waals surface area contributed by atoms with Gasteiger partial charge < -0.3 is 5.11 Å². The van der Waals surface area contributed by atoms with Crippen LogP contribution in [0.4, 0.5) is 0 Å². The summed E-state index contributed by atoms with van der Waals surface area (Å²) in [7, 11) is 0. The second-order valence-electron chi connectivity index (χ2n) is 5.61. The lowest BCUT2D eigenvalue weighted by Crippen LogP contribution is -1.91. The van der Waals surface area contributed by atoms with Crippen LogP contribution in [0.2, 0.25) is 0 Å². The normalized spacial score (nSPS) is 11.5. The van der Waals surface area contributed by atoms with E-state index in [1.54, 1.807) is 0 Å². The van der Waals surface area contributed by atoms with E-state index >= 15 is 0 Å². The number of hydrogen-bond donors (Lipinski definition) is 1.